The van der Waals surface area contributed by atoms with Crippen molar-refractivity contribution in [2.24, 2.45) is 11.3 Å². The summed E-state index contributed by atoms with van der Waals surface area (Å²) in [7, 11) is 1.78. The molecule has 6 heteroatoms. The average molecular weight is 306 g/mol. The van der Waals surface area contributed by atoms with Gasteiger partial charge in [-0.25, -0.2) is 0 Å². The third-order valence-electron chi connectivity index (χ3n) is 3.43. The molecule has 2 amide bonds. The molecule has 20 heavy (non-hydrogen) atoms. The van der Waals surface area contributed by atoms with E-state index in [4.69, 9.17) is 0 Å². The molecule has 0 aromatic heterocycles. The van der Waals surface area contributed by atoms with Crippen molar-refractivity contribution in [1.82, 2.24) is 15.5 Å². The summed E-state index contributed by atoms with van der Waals surface area (Å²) in [5.41, 5.74) is -0.351. The summed E-state index contributed by atoms with van der Waals surface area (Å²) in [5, 5.41) is 5.88. The lowest BCUT2D eigenvalue weighted by molar-refractivity contribution is -0.132. The monoisotopic (exact) mass is 305 g/mol. The van der Waals surface area contributed by atoms with Crippen molar-refractivity contribution in [2.45, 2.75) is 33.6 Å². The molecule has 0 radical (unpaired) electrons. The van der Waals surface area contributed by atoms with Crippen molar-refractivity contribution >= 4 is 24.2 Å². The van der Waals surface area contributed by atoms with E-state index >= 15 is 0 Å². The van der Waals surface area contributed by atoms with Gasteiger partial charge >= 0.3 is 0 Å². The number of carbonyl (C=O) groups excluding carboxylic acids is 2. The van der Waals surface area contributed by atoms with Crippen LogP contribution in [0.4, 0.5) is 0 Å². The lowest BCUT2D eigenvalue weighted by atomic mass is 9.94. The van der Waals surface area contributed by atoms with Crippen LogP contribution in [-0.4, -0.2) is 49.9 Å². The van der Waals surface area contributed by atoms with Gasteiger partial charge in [-0.05, 0) is 25.8 Å². The molecule has 1 fully saturated rings. The molecule has 1 rings (SSSR count). The first-order chi connectivity index (χ1) is 8.84. The van der Waals surface area contributed by atoms with Gasteiger partial charge in [0.15, 0.2) is 0 Å². The molecular formula is C14H28ClN3O2. The molecule has 0 aliphatic carbocycles. The molecule has 1 heterocycles. The lowest BCUT2D eigenvalue weighted by Gasteiger charge is -2.33. The highest BCUT2D eigenvalue weighted by molar-refractivity contribution is 5.85. The van der Waals surface area contributed by atoms with Gasteiger partial charge in [0.2, 0.25) is 11.8 Å². The van der Waals surface area contributed by atoms with Gasteiger partial charge in [0.1, 0.15) is 0 Å². The van der Waals surface area contributed by atoms with E-state index in [1.807, 2.05) is 25.7 Å². The molecule has 1 aliphatic heterocycles. The van der Waals surface area contributed by atoms with E-state index in [1.54, 1.807) is 7.05 Å². The van der Waals surface area contributed by atoms with Crippen LogP contribution in [0.25, 0.3) is 0 Å². The topological polar surface area (TPSA) is 61.4 Å². The Morgan fingerprint density at radius 3 is 2.50 bits per heavy atom. The smallest absolute Gasteiger partial charge is 0.236 e. The second-order valence-corrected chi connectivity index (χ2v) is 6.34. The first kappa shape index (κ1) is 19.2. The fourth-order valence-electron chi connectivity index (χ4n) is 2.22. The van der Waals surface area contributed by atoms with E-state index in [0.29, 0.717) is 19.0 Å². The van der Waals surface area contributed by atoms with E-state index in [2.05, 4.69) is 10.6 Å². The molecule has 0 saturated carbocycles. The number of nitrogens with zero attached hydrogens (tertiary/aromatic N) is 1. The Balaban J connectivity index is 0.00000361. The summed E-state index contributed by atoms with van der Waals surface area (Å²) < 4.78 is 0. The van der Waals surface area contributed by atoms with Gasteiger partial charge in [-0.15, -0.1) is 12.4 Å². The maximum atomic E-state index is 11.8. The first-order valence-corrected chi connectivity index (χ1v) is 7.05. The van der Waals surface area contributed by atoms with Gasteiger partial charge in [-0.3, -0.25) is 9.59 Å². The second-order valence-electron chi connectivity index (χ2n) is 6.34. The maximum Gasteiger partial charge on any atom is 0.236 e. The summed E-state index contributed by atoms with van der Waals surface area (Å²) in [5.74, 6) is 0.598. The Labute approximate surface area is 128 Å². The van der Waals surface area contributed by atoms with E-state index in [9.17, 15) is 9.59 Å². The summed E-state index contributed by atoms with van der Waals surface area (Å²) in [6.45, 7) is 8.37. The zero-order valence-electron chi connectivity index (χ0n) is 13.0. The predicted molar refractivity (Wildman–Crippen MR) is 82.9 cm³/mol. The van der Waals surface area contributed by atoms with Crippen molar-refractivity contribution in [3.8, 4) is 0 Å². The minimum Gasteiger partial charge on any atom is -0.355 e. The summed E-state index contributed by atoms with van der Waals surface area (Å²) in [4.78, 5) is 25.5. The highest BCUT2D eigenvalue weighted by Crippen LogP contribution is 2.17. The Morgan fingerprint density at radius 2 is 1.95 bits per heavy atom. The standard InChI is InChI=1S/C14H27N3O2.ClH/c1-14(2,3)13(19)16-8-11-6-5-7-17(10-11)12(18)9-15-4;/h11,15H,5-10H2,1-4H3,(H,16,19);1H. The Morgan fingerprint density at radius 1 is 1.30 bits per heavy atom. The Hall–Kier alpha value is -0.810. The van der Waals surface area contributed by atoms with Crippen LogP contribution in [0.3, 0.4) is 0 Å². The third kappa shape index (κ3) is 6.09. The van der Waals surface area contributed by atoms with Crippen molar-refractivity contribution in [3.63, 3.8) is 0 Å². The number of halogens is 1. The van der Waals surface area contributed by atoms with E-state index in [-0.39, 0.29) is 29.6 Å². The molecule has 5 nitrogen and oxygen atoms in total. The van der Waals surface area contributed by atoms with Gasteiger partial charge in [-0.2, -0.15) is 0 Å². The Bertz CT molecular complexity index is 329. The van der Waals surface area contributed by atoms with Crippen LogP contribution in [-0.2, 0) is 9.59 Å². The molecular weight excluding hydrogens is 278 g/mol. The van der Waals surface area contributed by atoms with Crippen LogP contribution in [0, 0.1) is 11.3 Å². The number of amides is 2. The number of hydrogen-bond acceptors (Lipinski definition) is 3. The molecule has 0 bridgehead atoms. The highest BCUT2D eigenvalue weighted by Gasteiger charge is 2.25. The predicted octanol–water partition coefficient (Wildman–Crippen LogP) is 1.03. The molecule has 0 spiro atoms. The summed E-state index contributed by atoms with van der Waals surface area (Å²) >= 11 is 0. The fourth-order valence-corrected chi connectivity index (χ4v) is 2.22. The summed E-state index contributed by atoms with van der Waals surface area (Å²) in [6.07, 6.45) is 2.10. The number of carbonyl (C=O) groups is 2. The van der Waals surface area contributed by atoms with Crippen molar-refractivity contribution in [3.05, 3.63) is 0 Å². The van der Waals surface area contributed by atoms with Crippen LogP contribution < -0.4 is 10.6 Å². The maximum absolute atomic E-state index is 11.8. The molecule has 2 N–H and O–H groups in total. The number of piperidine rings is 1. The zero-order valence-corrected chi connectivity index (χ0v) is 13.8. The number of nitrogens with one attached hydrogen (secondary N) is 2. The second kappa shape index (κ2) is 8.47. The average Bonchev–Trinajstić information content (AvgIpc) is 2.35. The highest BCUT2D eigenvalue weighted by atomic mass is 35.5. The van der Waals surface area contributed by atoms with Crippen molar-refractivity contribution in [1.29, 1.82) is 0 Å². The first-order valence-electron chi connectivity index (χ1n) is 7.05. The van der Waals surface area contributed by atoms with Gasteiger partial charge < -0.3 is 15.5 Å². The molecule has 1 atom stereocenters. The number of rotatable bonds is 4. The number of likely N-dealkylation sites (tertiary alicyclic amines) is 1. The van der Waals surface area contributed by atoms with E-state index in [1.165, 1.54) is 0 Å². The molecule has 118 valence electrons. The zero-order chi connectivity index (χ0) is 14.5. The molecule has 0 aromatic rings. The van der Waals surface area contributed by atoms with Gasteiger partial charge in [-0.1, -0.05) is 20.8 Å². The SMILES string of the molecule is CNCC(=O)N1CCCC(CNC(=O)C(C)(C)C)C1.Cl. The molecule has 0 aromatic carbocycles. The van der Waals surface area contributed by atoms with Crippen LogP contribution in [0.2, 0.25) is 0 Å². The van der Waals surface area contributed by atoms with Crippen LogP contribution in [0.5, 0.6) is 0 Å². The van der Waals surface area contributed by atoms with E-state index in [0.717, 1.165) is 25.9 Å². The lowest BCUT2D eigenvalue weighted by Crippen LogP contribution is -2.47. The molecule has 1 saturated heterocycles. The number of hydrogen-bond donors (Lipinski definition) is 2. The normalized spacial score (nSPS) is 19.2. The minimum atomic E-state index is -0.351. The van der Waals surface area contributed by atoms with Crippen molar-refractivity contribution in [2.75, 3.05) is 33.2 Å². The molecule has 1 unspecified atom stereocenters. The van der Waals surface area contributed by atoms with Crippen LogP contribution in [0.1, 0.15) is 33.6 Å². The quantitative estimate of drug-likeness (QED) is 0.815. The molecule has 1 aliphatic rings. The fraction of sp³-hybridized carbons (Fsp3) is 0.857. The largest absolute Gasteiger partial charge is 0.355 e. The van der Waals surface area contributed by atoms with Crippen LogP contribution in [0.15, 0.2) is 0 Å². The van der Waals surface area contributed by atoms with Crippen LogP contribution >= 0.6 is 12.4 Å². The van der Waals surface area contributed by atoms with Gasteiger partial charge in [0, 0.05) is 25.0 Å². The minimum absolute atomic E-state index is 0. The Kier molecular flexibility index (Phi) is 8.13. The summed E-state index contributed by atoms with van der Waals surface area (Å²) in [6, 6.07) is 0. The van der Waals surface area contributed by atoms with Gasteiger partial charge in [0.25, 0.3) is 0 Å². The van der Waals surface area contributed by atoms with Crippen molar-refractivity contribution < 1.29 is 9.59 Å². The number of likely N-dealkylation sites (N-methyl/N-ethyl adjacent to an activating group) is 1. The van der Waals surface area contributed by atoms with Gasteiger partial charge in [0.05, 0.1) is 6.54 Å². The van der Waals surface area contributed by atoms with E-state index < -0.39 is 0 Å². The third-order valence-corrected chi connectivity index (χ3v) is 3.43.